The van der Waals surface area contributed by atoms with E-state index in [1.54, 1.807) is 12.1 Å². The van der Waals surface area contributed by atoms with Gasteiger partial charge >= 0.3 is 0 Å². The van der Waals surface area contributed by atoms with E-state index in [-0.39, 0.29) is 39.9 Å². The number of benzene rings is 1. The molecule has 2 aliphatic carbocycles. The second kappa shape index (κ2) is 5.84. The van der Waals surface area contributed by atoms with Crippen molar-refractivity contribution in [1.29, 1.82) is 0 Å². The number of pyridine rings is 1. The number of hydrogen-bond donors (Lipinski definition) is 0. The lowest BCUT2D eigenvalue weighted by Gasteiger charge is -2.35. The Balaban J connectivity index is 1.77. The van der Waals surface area contributed by atoms with Crippen molar-refractivity contribution in [1.82, 2.24) is 4.98 Å². The van der Waals surface area contributed by atoms with Crippen molar-refractivity contribution in [2.24, 2.45) is 0 Å². The summed E-state index contributed by atoms with van der Waals surface area (Å²) in [4.78, 5) is 43.2. The van der Waals surface area contributed by atoms with E-state index in [2.05, 4.69) is 4.98 Å². The highest BCUT2D eigenvalue weighted by Gasteiger charge is 2.46. The molecule has 27 heavy (non-hydrogen) atoms. The van der Waals surface area contributed by atoms with Crippen LogP contribution in [0.1, 0.15) is 51.6 Å². The molecule has 132 valence electrons. The summed E-state index contributed by atoms with van der Waals surface area (Å²) in [6, 6.07) is 12.6. The Morgan fingerprint density at radius 2 is 1.70 bits per heavy atom. The molecule has 0 fully saturated rings. The maximum Gasteiger partial charge on any atom is 0.230 e. The zero-order valence-electron chi connectivity index (χ0n) is 14.4. The lowest BCUT2D eigenvalue weighted by molar-refractivity contribution is -0.116. The first-order valence-electron chi connectivity index (χ1n) is 8.94. The average molecular weight is 357 g/mol. The molecule has 0 spiro atoms. The van der Waals surface area contributed by atoms with E-state index < -0.39 is 5.92 Å². The minimum absolute atomic E-state index is 0.0243. The number of ketones is 3. The topological polar surface area (TPSA) is 73.3 Å². The van der Waals surface area contributed by atoms with Crippen LogP contribution in [0, 0.1) is 0 Å². The molecule has 3 aliphatic rings. The third-order valence-corrected chi connectivity index (χ3v) is 5.31. The van der Waals surface area contributed by atoms with Gasteiger partial charge in [0.05, 0.1) is 11.1 Å². The molecule has 1 aliphatic heterocycles. The Kier molecular flexibility index (Phi) is 3.44. The third-order valence-electron chi connectivity index (χ3n) is 5.31. The minimum atomic E-state index is -0.593. The van der Waals surface area contributed by atoms with Crippen LogP contribution in [0.15, 0.2) is 71.3 Å². The zero-order valence-corrected chi connectivity index (χ0v) is 14.4. The minimum Gasteiger partial charge on any atom is -0.457 e. The SMILES string of the molecule is O=C1CCCC2=C1C(c1ccccc1)C1=C(O2)C(=O)c2cccnc2C1=O. The highest BCUT2D eigenvalue weighted by molar-refractivity contribution is 6.27. The van der Waals surface area contributed by atoms with E-state index in [9.17, 15) is 14.4 Å². The molecule has 5 rings (SSSR count). The quantitative estimate of drug-likeness (QED) is 0.780. The zero-order chi connectivity index (χ0) is 18.5. The van der Waals surface area contributed by atoms with Crippen LogP contribution in [0.5, 0.6) is 0 Å². The Bertz CT molecular complexity index is 1080. The van der Waals surface area contributed by atoms with Crippen LogP contribution in [0.3, 0.4) is 0 Å². The molecular weight excluding hydrogens is 342 g/mol. The Hall–Kier alpha value is -3.34. The number of nitrogens with zero attached hydrogens (tertiary/aromatic N) is 1. The number of ether oxygens (including phenoxy) is 1. The number of aromatic nitrogens is 1. The van der Waals surface area contributed by atoms with E-state index in [1.165, 1.54) is 6.20 Å². The van der Waals surface area contributed by atoms with Gasteiger partial charge in [-0.2, -0.15) is 0 Å². The molecule has 1 atom stereocenters. The summed E-state index contributed by atoms with van der Waals surface area (Å²) >= 11 is 0. The van der Waals surface area contributed by atoms with E-state index >= 15 is 0 Å². The molecule has 0 radical (unpaired) electrons. The van der Waals surface area contributed by atoms with Gasteiger partial charge < -0.3 is 4.74 Å². The molecule has 0 N–H and O–H groups in total. The smallest absolute Gasteiger partial charge is 0.230 e. The molecular formula is C22H15NO4. The number of carbonyl (C=O) groups is 3. The molecule has 1 aromatic heterocycles. The van der Waals surface area contributed by atoms with Crippen molar-refractivity contribution >= 4 is 17.3 Å². The maximum atomic E-state index is 13.3. The molecule has 1 unspecified atom stereocenters. The van der Waals surface area contributed by atoms with Crippen molar-refractivity contribution in [2.45, 2.75) is 25.2 Å². The maximum absolute atomic E-state index is 13.3. The van der Waals surface area contributed by atoms with Crippen LogP contribution in [0.2, 0.25) is 0 Å². The predicted octanol–water partition coefficient (Wildman–Crippen LogP) is 3.54. The largest absolute Gasteiger partial charge is 0.457 e. The lowest BCUT2D eigenvalue weighted by atomic mass is 9.72. The summed E-state index contributed by atoms with van der Waals surface area (Å²) in [7, 11) is 0. The van der Waals surface area contributed by atoms with Crippen LogP contribution in [0.4, 0.5) is 0 Å². The number of hydrogen-bond acceptors (Lipinski definition) is 5. The fraction of sp³-hybridized carbons (Fsp3) is 0.182. The molecule has 0 saturated heterocycles. The number of fused-ring (bicyclic) bond motifs is 1. The number of rotatable bonds is 1. The second-order valence-electron chi connectivity index (χ2n) is 6.86. The normalized spacial score (nSPS) is 21.5. The summed E-state index contributed by atoms with van der Waals surface area (Å²) in [6.45, 7) is 0. The van der Waals surface area contributed by atoms with Crippen LogP contribution in [-0.2, 0) is 9.53 Å². The summed E-state index contributed by atoms with van der Waals surface area (Å²) < 4.78 is 5.90. The lowest BCUT2D eigenvalue weighted by Crippen LogP contribution is -2.34. The van der Waals surface area contributed by atoms with Crippen molar-refractivity contribution in [3.05, 3.63) is 88.1 Å². The fourth-order valence-corrected chi connectivity index (χ4v) is 4.12. The first-order chi connectivity index (χ1) is 13.2. The Morgan fingerprint density at radius 1 is 0.889 bits per heavy atom. The number of Topliss-reactive ketones (excluding diaryl/α,β-unsaturated/α-hetero) is 3. The Morgan fingerprint density at radius 3 is 2.52 bits per heavy atom. The first-order valence-corrected chi connectivity index (χ1v) is 8.94. The van der Waals surface area contributed by atoms with Gasteiger partial charge in [-0.25, -0.2) is 0 Å². The van der Waals surface area contributed by atoms with Gasteiger partial charge in [0.15, 0.2) is 11.5 Å². The van der Waals surface area contributed by atoms with Crippen LogP contribution in [0.25, 0.3) is 0 Å². The molecule has 0 amide bonds. The highest BCUT2D eigenvalue weighted by Crippen LogP contribution is 2.47. The summed E-state index contributed by atoms with van der Waals surface area (Å²) in [5.41, 5.74) is 1.91. The highest BCUT2D eigenvalue weighted by atomic mass is 16.5. The average Bonchev–Trinajstić information content (AvgIpc) is 2.71. The van der Waals surface area contributed by atoms with Gasteiger partial charge in [-0.15, -0.1) is 0 Å². The van der Waals surface area contributed by atoms with E-state index in [0.717, 1.165) is 5.56 Å². The van der Waals surface area contributed by atoms with Crippen LogP contribution < -0.4 is 0 Å². The van der Waals surface area contributed by atoms with Crippen molar-refractivity contribution < 1.29 is 19.1 Å². The molecule has 5 nitrogen and oxygen atoms in total. The van der Waals surface area contributed by atoms with E-state index in [0.29, 0.717) is 30.6 Å². The molecule has 0 saturated carbocycles. The van der Waals surface area contributed by atoms with Gasteiger partial charge in [0.1, 0.15) is 11.5 Å². The van der Waals surface area contributed by atoms with Gasteiger partial charge in [-0.1, -0.05) is 30.3 Å². The number of carbonyl (C=O) groups excluding carboxylic acids is 3. The summed E-state index contributed by atoms with van der Waals surface area (Å²) in [5, 5.41) is 0. The Labute approximate surface area is 155 Å². The van der Waals surface area contributed by atoms with Crippen molar-refractivity contribution in [3.8, 4) is 0 Å². The van der Waals surface area contributed by atoms with E-state index in [1.807, 2.05) is 30.3 Å². The van der Waals surface area contributed by atoms with E-state index in [4.69, 9.17) is 4.74 Å². The van der Waals surface area contributed by atoms with Crippen molar-refractivity contribution in [2.75, 3.05) is 0 Å². The summed E-state index contributed by atoms with van der Waals surface area (Å²) in [5.74, 6) is -0.750. The predicted molar refractivity (Wildman–Crippen MR) is 96.1 cm³/mol. The van der Waals surface area contributed by atoms with Crippen LogP contribution in [-0.4, -0.2) is 22.3 Å². The first kappa shape index (κ1) is 15.9. The molecule has 2 heterocycles. The van der Waals surface area contributed by atoms with Gasteiger partial charge in [0.25, 0.3) is 0 Å². The van der Waals surface area contributed by atoms with Gasteiger partial charge in [0, 0.05) is 30.5 Å². The van der Waals surface area contributed by atoms with Gasteiger partial charge in [-0.3, -0.25) is 19.4 Å². The molecule has 5 heteroatoms. The molecule has 1 aromatic carbocycles. The molecule has 0 bridgehead atoms. The summed E-state index contributed by atoms with van der Waals surface area (Å²) in [6.07, 6.45) is 3.18. The molecule has 2 aromatic rings. The third kappa shape index (κ3) is 2.24. The second-order valence-corrected chi connectivity index (χ2v) is 6.86. The fourth-order valence-electron chi connectivity index (χ4n) is 4.12. The van der Waals surface area contributed by atoms with Crippen molar-refractivity contribution in [3.63, 3.8) is 0 Å². The standard InChI is InChI=1S/C22H15NO4/c24-14-9-4-10-15-17(14)16(12-6-2-1-3-7-12)18-21(26)19-13(8-5-11-23-19)20(25)22(18)27-15/h1-3,5-8,11,16H,4,9-10H2. The van der Waals surface area contributed by atoms with Crippen LogP contribution >= 0.6 is 0 Å². The monoisotopic (exact) mass is 357 g/mol. The van der Waals surface area contributed by atoms with Gasteiger partial charge in [-0.05, 0) is 24.1 Å². The van der Waals surface area contributed by atoms with Gasteiger partial charge in [0.2, 0.25) is 11.6 Å². The number of allylic oxidation sites excluding steroid dienone is 4.